The van der Waals surface area contributed by atoms with Crippen LogP contribution in [0, 0.1) is 0 Å². The van der Waals surface area contributed by atoms with Gasteiger partial charge in [-0.2, -0.15) is 0 Å². The van der Waals surface area contributed by atoms with Crippen LogP contribution in [0.25, 0.3) is 0 Å². The van der Waals surface area contributed by atoms with E-state index in [1.807, 2.05) is 0 Å². The van der Waals surface area contributed by atoms with E-state index < -0.39 is 29.9 Å². The van der Waals surface area contributed by atoms with Gasteiger partial charge in [-0.3, -0.25) is 24.9 Å². The lowest BCUT2D eigenvalue weighted by molar-refractivity contribution is -0.153. The Labute approximate surface area is 159 Å². The lowest BCUT2D eigenvalue weighted by Gasteiger charge is -2.26. The third kappa shape index (κ3) is 3.58. The predicted octanol–water partition coefficient (Wildman–Crippen LogP) is 1.36. The highest BCUT2D eigenvalue weighted by molar-refractivity contribution is 6.22. The van der Waals surface area contributed by atoms with Gasteiger partial charge < -0.3 is 9.84 Å². The first-order valence-electron chi connectivity index (χ1n) is 8.39. The van der Waals surface area contributed by atoms with Crippen molar-refractivity contribution in [3.8, 4) is 0 Å². The highest BCUT2D eigenvalue weighted by atomic mass is 16.8. The number of nitrogens with zero attached hydrogens (tertiary/aromatic N) is 2. The molecule has 28 heavy (non-hydrogen) atoms. The van der Waals surface area contributed by atoms with Gasteiger partial charge in [0.15, 0.2) is 6.04 Å². The monoisotopic (exact) mass is 386 g/mol. The lowest BCUT2D eigenvalue weighted by Crippen LogP contribution is -2.51. The van der Waals surface area contributed by atoms with Crippen molar-refractivity contribution < 1.29 is 34.6 Å². The molecule has 0 unspecified atom stereocenters. The van der Waals surface area contributed by atoms with Gasteiger partial charge >= 0.3 is 5.97 Å². The molecule has 0 radical (unpaired) electrons. The third-order valence-corrected chi connectivity index (χ3v) is 4.35. The van der Waals surface area contributed by atoms with Crippen LogP contribution in [0.5, 0.6) is 0 Å². The number of hydrogen-bond acceptors (Lipinski definition) is 8. The van der Waals surface area contributed by atoms with Crippen LogP contribution >= 0.6 is 0 Å². The Bertz CT molecular complexity index is 874. The maximum atomic E-state index is 12.6. The fraction of sp³-hybridized carbons (Fsp3) is 0.211. The molecule has 2 aromatic carbocycles. The molecule has 0 fully saturated rings. The molecule has 0 saturated carbocycles. The van der Waals surface area contributed by atoms with Crippen molar-refractivity contribution in [2.24, 2.45) is 0 Å². The Morgan fingerprint density at radius 2 is 1.57 bits per heavy atom. The van der Waals surface area contributed by atoms with Crippen LogP contribution < -0.4 is 5.23 Å². The first kappa shape index (κ1) is 19.5. The number of rotatable bonds is 6. The normalized spacial score (nSPS) is 15.2. The lowest BCUT2D eigenvalue weighted by atomic mass is 10.1. The summed E-state index contributed by atoms with van der Waals surface area (Å²) in [5.41, 5.74) is 0.979. The Morgan fingerprint density at radius 3 is 2.04 bits per heavy atom. The highest BCUT2D eigenvalue weighted by Crippen LogP contribution is 2.26. The molecule has 9 heteroatoms. The van der Waals surface area contributed by atoms with Crippen LogP contribution in [0.1, 0.15) is 33.2 Å². The molecule has 1 aliphatic heterocycles. The van der Waals surface area contributed by atoms with Gasteiger partial charge in [0.1, 0.15) is 6.61 Å². The molecule has 2 atom stereocenters. The van der Waals surface area contributed by atoms with Crippen LogP contribution in [-0.2, 0) is 16.1 Å². The highest BCUT2D eigenvalue weighted by Gasteiger charge is 2.45. The quantitative estimate of drug-likeness (QED) is 0.386. The Hall–Kier alpha value is -3.27. The molecule has 146 valence electrons. The number of amides is 2. The molecule has 0 saturated heterocycles. The number of aliphatic hydroxyl groups is 1. The SMILES string of the molecule is C[C@H](O)[C@@H](C(=O)OCc1ccc(N(O)O)cc1)N1C(=O)c2ccccc2C1=O. The predicted molar refractivity (Wildman–Crippen MR) is 94.7 cm³/mol. The minimum Gasteiger partial charge on any atom is -0.459 e. The van der Waals surface area contributed by atoms with Crippen molar-refractivity contribution >= 4 is 23.5 Å². The van der Waals surface area contributed by atoms with Gasteiger partial charge in [0, 0.05) is 0 Å². The maximum Gasteiger partial charge on any atom is 0.332 e. The van der Waals surface area contributed by atoms with E-state index >= 15 is 0 Å². The summed E-state index contributed by atoms with van der Waals surface area (Å²) < 4.78 is 5.18. The zero-order valence-corrected chi connectivity index (χ0v) is 14.8. The summed E-state index contributed by atoms with van der Waals surface area (Å²) in [7, 11) is 0. The van der Waals surface area contributed by atoms with Gasteiger partial charge in [-0.15, -0.1) is 5.23 Å². The number of benzene rings is 2. The standard InChI is InChI=1S/C19H18N2O7/c1-11(22)16(20-17(23)14-4-2-3-5-15(14)18(20)24)19(25)28-10-12-6-8-13(9-7-12)21(26)27/h2-9,11,16,22,26-27H,10H2,1H3/t11-,16-/m0/s1. The third-order valence-electron chi connectivity index (χ3n) is 4.35. The summed E-state index contributed by atoms with van der Waals surface area (Å²) in [5, 5.41) is 27.8. The van der Waals surface area contributed by atoms with Crippen molar-refractivity contribution in [2.45, 2.75) is 25.7 Å². The summed E-state index contributed by atoms with van der Waals surface area (Å²) in [4.78, 5) is 38.4. The van der Waals surface area contributed by atoms with Gasteiger partial charge in [0.05, 0.1) is 22.9 Å². The van der Waals surface area contributed by atoms with Crippen molar-refractivity contribution in [3.05, 3.63) is 65.2 Å². The molecule has 1 aliphatic rings. The fourth-order valence-corrected chi connectivity index (χ4v) is 2.94. The number of anilines is 1. The summed E-state index contributed by atoms with van der Waals surface area (Å²) in [6, 6.07) is 10.5. The molecule has 2 amide bonds. The van der Waals surface area contributed by atoms with Crippen molar-refractivity contribution in [3.63, 3.8) is 0 Å². The second kappa shape index (κ2) is 7.77. The molecular formula is C19H18N2O7. The smallest absolute Gasteiger partial charge is 0.332 e. The number of imide groups is 1. The number of ether oxygens (including phenoxy) is 1. The molecule has 9 nitrogen and oxygen atoms in total. The minimum atomic E-state index is -1.49. The van der Waals surface area contributed by atoms with E-state index in [2.05, 4.69) is 0 Å². The number of hydrogen-bond donors (Lipinski definition) is 3. The van der Waals surface area contributed by atoms with Gasteiger partial charge in [-0.05, 0) is 36.8 Å². The molecule has 3 rings (SSSR count). The molecule has 0 bridgehead atoms. The van der Waals surface area contributed by atoms with E-state index in [-0.39, 0.29) is 28.6 Å². The Kier molecular flexibility index (Phi) is 5.41. The molecule has 3 N–H and O–H groups in total. The van der Waals surface area contributed by atoms with Crippen LogP contribution in [0.2, 0.25) is 0 Å². The first-order chi connectivity index (χ1) is 13.3. The second-order valence-corrected chi connectivity index (χ2v) is 6.27. The van der Waals surface area contributed by atoms with Crippen LogP contribution in [0.15, 0.2) is 48.5 Å². The van der Waals surface area contributed by atoms with Crippen LogP contribution in [0.4, 0.5) is 5.69 Å². The van der Waals surface area contributed by atoms with Gasteiger partial charge in [-0.25, -0.2) is 4.79 Å². The van der Waals surface area contributed by atoms with Gasteiger partial charge in [0.2, 0.25) is 0 Å². The molecule has 0 aromatic heterocycles. The minimum absolute atomic E-state index is 0.0540. The zero-order chi connectivity index (χ0) is 20.4. The van der Waals surface area contributed by atoms with E-state index in [1.54, 1.807) is 12.1 Å². The van der Waals surface area contributed by atoms with Crippen LogP contribution in [-0.4, -0.2) is 50.4 Å². The number of carbonyl (C=O) groups excluding carboxylic acids is 3. The molecular weight excluding hydrogens is 368 g/mol. The van der Waals surface area contributed by atoms with Crippen LogP contribution in [0.3, 0.4) is 0 Å². The summed E-state index contributed by atoms with van der Waals surface area (Å²) in [6.07, 6.45) is -1.34. The largest absolute Gasteiger partial charge is 0.459 e. The topological polar surface area (TPSA) is 128 Å². The average Bonchev–Trinajstić information content (AvgIpc) is 2.92. The van der Waals surface area contributed by atoms with Gasteiger partial charge in [0.25, 0.3) is 11.8 Å². The molecule has 2 aromatic rings. The first-order valence-corrected chi connectivity index (χ1v) is 8.39. The molecule has 0 aliphatic carbocycles. The van der Waals surface area contributed by atoms with Crippen molar-refractivity contribution in [2.75, 3.05) is 5.23 Å². The Morgan fingerprint density at radius 1 is 1.04 bits per heavy atom. The molecule has 1 heterocycles. The van der Waals surface area contributed by atoms with Crippen molar-refractivity contribution in [1.29, 1.82) is 0 Å². The summed E-state index contributed by atoms with van der Waals surface area (Å²) in [6.45, 7) is 1.10. The van der Waals surface area contributed by atoms with E-state index in [4.69, 9.17) is 15.2 Å². The summed E-state index contributed by atoms with van der Waals surface area (Å²) >= 11 is 0. The maximum absolute atomic E-state index is 12.6. The number of aliphatic hydroxyl groups excluding tert-OH is 1. The number of carbonyl (C=O) groups is 3. The van der Waals surface area contributed by atoms with E-state index in [9.17, 15) is 19.5 Å². The van der Waals surface area contributed by atoms with Crippen molar-refractivity contribution in [1.82, 2.24) is 4.90 Å². The number of fused-ring (bicyclic) bond motifs is 1. The van der Waals surface area contributed by atoms with E-state index in [0.717, 1.165) is 4.90 Å². The Balaban J connectivity index is 1.75. The summed E-state index contributed by atoms with van der Waals surface area (Å²) in [5.74, 6) is -2.27. The van der Waals surface area contributed by atoms with E-state index in [0.29, 0.717) is 5.56 Å². The van der Waals surface area contributed by atoms with E-state index in [1.165, 1.54) is 43.3 Å². The fourth-order valence-electron chi connectivity index (χ4n) is 2.94. The van der Waals surface area contributed by atoms with Gasteiger partial charge in [-0.1, -0.05) is 24.3 Å². The zero-order valence-electron chi connectivity index (χ0n) is 14.8. The number of esters is 1. The second-order valence-electron chi connectivity index (χ2n) is 6.27. The molecule has 0 spiro atoms. The average molecular weight is 386 g/mol.